The number of rotatable bonds is 8. The zero-order valence-corrected chi connectivity index (χ0v) is 12.2. The largest absolute Gasteiger partial charge is 0.441 e. The van der Waals surface area contributed by atoms with Crippen molar-refractivity contribution in [3.63, 3.8) is 0 Å². The van der Waals surface area contributed by atoms with Crippen LogP contribution in [0.1, 0.15) is 18.7 Å². The predicted molar refractivity (Wildman–Crippen MR) is 79.8 cm³/mol. The summed E-state index contributed by atoms with van der Waals surface area (Å²) in [6, 6.07) is 9.84. The fourth-order valence-corrected chi connectivity index (χ4v) is 1.94. The second kappa shape index (κ2) is 8.21. The Labute approximate surface area is 124 Å². The van der Waals surface area contributed by atoms with Gasteiger partial charge in [0.05, 0.1) is 12.8 Å². The molecule has 2 aromatic rings. The van der Waals surface area contributed by atoms with Crippen molar-refractivity contribution in [2.24, 2.45) is 0 Å². The van der Waals surface area contributed by atoms with E-state index in [2.05, 4.69) is 10.3 Å². The van der Waals surface area contributed by atoms with Crippen molar-refractivity contribution in [2.45, 2.75) is 19.3 Å². The Hall–Kier alpha value is -2.14. The molecule has 1 aromatic heterocycles. The summed E-state index contributed by atoms with van der Waals surface area (Å²) in [5.41, 5.74) is 1.01. The lowest BCUT2D eigenvalue weighted by atomic mass is 10.2. The Balaban J connectivity index is 1.75. The van der Waals surface area contributed by atoms with E-state index in [0.717, 1.165) is 11.3 Å². The summed E-state index contributed by atoms with van der Waals surface area (Å²) < 4.78 is 10.6. The van der Waals surface area contributed by atoms with Crippen molar-refractivity contribution in [1.82, 2.24) is 10.3 Å². The molecule has 1 heterocycles. The number of nitrogens with zero attached hydrogens (tertiary/aromatic N) is 1. The number of carbonyl (C=O) groups excluding carboxylic acids is 1. The zero-order chi connectivity index (χ0) is 14.9. The molecule has 2 rings (SSSR count). The average molecular weight is 288 g/mol. The molecule has 5 nitrogen and oxygen atoms in total. The van der Waals surface area contributed by atoms with Gasteiger partial charge in [0.2, 0.25) is 5.91 Å². The van der Waals surface area contributed by atoms with E-state index < -0.39 is 0 Å². The van der Waals surface area contributed by atoms with E-state index in [1.165, 1.54) is 0 Å². The van der Waals surface area contributed by atoms with Crippen molar-refractivity contribution in [1.29, 1.82) is 0 Å². The molecule has 0 unspecified atom stereocenters. The van der Waals surface area contributed by atoms with Crippen LogP contribution in [-0.4, -0.2) is 31.2 Å². The maximum absolute atomic E-state index is 11.5. The number of hydrogen-bond donors (Lipinski definition) is 1. The van der Waals surface area contributed by atoms with Crippen LogP contribution in [-0.2, 0) is 16.0 Å². The second-order valence-corrected chi connectivity index (χ2v) is 4.68. The molecule has 0 fully saturated rings. The first-order chi connectivity index (χ1) is 10.3. The van der Waals surface area contributed by atoms with Gasteiger partial charge in [0.1, 0.15) is 0 Å². The van der Waals surface area contributed by atoms with Gasteiger partial charge in [-0.15, -0.1) is 0 Å². The lowest BCUT2D eigenvalue weighted by molar-refractivity contribution is -0.121. The van der Waals surface area contributed by atoms with Crippen molar-refractivity contribution in [2.75, 3.05) is 20.3 Å². The Morgan fingerprint density at radius 3 is 2.90 bits per heavy atom. The van der Waals surface area contributed by atoms with Crippen LogP contribution in [0.15, 0.2) is 40.9 Å². The normalized spacial score (nSPS) is 10.5. The number of ether oxygens (including phenoxy) is 1. The highest BCUT2D eigenvalue weighted by atomic mass is 16.5. The topological polar surface area (TPSA) is 64.4 Å². The van der Waals surface area contributed by atoms with Crippen LogP contribution in [0.25, 0.3) is 11.3 Å². The number of hydrogen-bond acceptors (Lipinski definition) is 4. The summed E-state index contributed by atoms with van der Waals surface area (Å²) in [6.07, 6.45) is 3.56. The predicted octanol–water partition coefficient (Wildman–Crippen LogP) is 2.43. The number of oxazole rings is 1. The van der Waals surface area contributed by atoms with E-state index in [4.69, 9.17) is 9.15 Å². The third kappa shape index (κ3) is 5.04. The summed E-state index contributed by atoms with van der Waals surface area (Å²) in [5, 5.41) is 2.79. The van der Waals surface area contributed by atoms with Gasteiger partial charge in [0, 0.05) is 32.1 Å². The standard InChI is InChI=1S/C16H20N2O3/c1-20-11-10-17-15(19)8-5-9-16-18-12-14(21-16)13-6-3-2-4-7-13/h2-4,6-7,12H,5,8-11H2,1H3,(H,17,19). The van der Waals surface area contributed by atoms with Crippen LogP contribution < -0.4 is 5.32 Å². The van der Waals surface area contributed by atoms with Crippen LogP contribution in [0.3, 0.4) is 0 Å². The van der Waals surface area contributed by atoms with E-state index in [1.807, 2.05) is 30.3 Å². The van der Waals surface area contributed by atoms with Gasteiger partial charge in [-0.25, -0.2) is 4.98 Å². The number of amides is 1. The van der Waals surface area contributed by atoms with Gasteiger partial charge < -0.3 is 14.5 Å². The Morgan fingerprint density at radius 1 is 1.33 bits per heavy atom. The van der Waals surface area contributed by atoms with Gasteiger partial charge in [-0.2, -0.15) is 0 Å². The first-order valence-electron chi connectivity index (χ1n) is 7.05. The number of benzene rings is 1. The van der Waals surface area contributed by atoms with Crippen LogP contribution in [0.2, 0.25) is 0 Å². The molecule has 0 atom stereocenters. The minimum absolute atomic E-state index is 0.0295. The first-order valence-corrected chi connectivity index (χ1v) is 7.05. The van der Waals surface area contributed by atoms with E-state index >= 15 is 0 Å². The molecule has 0 saturated heterocycles. The average Bonchev–Trinajstić information content (AvgIpc) is 2.97. The van der Waals surface area contributed by atoms with Crippen LogP contribution >= 0.6 is 0 Å². The third-order valence-corrected chi connectivity index (χ3v) is 3.03. The molecule has 21 heavy (non-hydrogen) atoms. The van der Waals surface area contributed by atoms with E-state index in [1.54, 1.807) is 13.3 Å². The molecule has 112 valence electrons. The minimum Gasteiger partial charge on any atom is -0.441 e. The number of aryl methyl sites for hydroxylation is 1. The van der Waals surface area contributed by atoms with Gasteiger partial charge in [-0.1, -0.05) is 30.3 Å². The van der Waals surface area contributed by atoms with Gasteiger partial charge in [-0.05, 0) is 6.42 Å². The third-order valence-electron chi connectivity index (χ3n) is 3.03. The summed E-state index contributed by atoms with van der Waals surface area (Å²) in [6.45, 7) is 1.08. The number of methoxy groups -OCH3 is 1. The van der Waals surface area contributed by atoms with E-state index in [-0.39, 0.29) is 5.91 Å². The molecular weight excluding hydrogens is 268 g/mol. The lowest BCUT2D eigenvalue weighted by Crippen LogP contribution is -2.26. The van der Waals surface area contributed by atoms with E-state index in [0.29, 0.717) is 38.3 Å². The molecule has 0 aliphatic rings. The number of carbonyl (C=O) groups is 1. The van der Waals surface area contributed by atoms with Crippen LogP contribution in [0, 0.1) is 0 Å². The lowest BCUT2D eigenvalue weighted by Gasteiger charge is -2.03. The van der Waals surface area contributed by atoms with Crippen LogP contribution in [0.5, 0.6) is 0 Å². The second-order valence-electron chi connectivity index (χ2n) is 4.68. The molecule has 5 heteroatoms. The first kappa shape index (κ1) is 15.3. The summed E-state index contributed by atoms with van der Waals surface area (Å²) in [7, 11) is 1.61. The quantitative estimate of drug-likeness (QED) is 0.758. The maximum Gasteiger partial charge on any atom is 0.220 e. The van der Waals surface area contributed by atoms with Gasteiger partial charge in [-0.3, -0.25) is 4.79 Å². The zero-order valence-electron chi connectivity index (χ0n) is 12.2. The molecule has 1 aromatic carbocycles. The van der Waals surface area contributed by atoms with Gasteiger partial charge in [0.25, 0.3) is 0 Å². The summed E-state index contributed by atoms with van der Waals surface area (Å²) in [4.78, 5) is 15.8. The molecule has 1 N–H and O–H groups in total. The highest BCUT2D eigenvalue weighted by molar-refractivity contribution is 5.75. The van der Waals surface area contributed by atoms with Crippen molar-refractivity contribution in [3.05, 3.63) is 42.4 Å². The SMILES string of the molecule is COCCNC(=O)CCCc1ncc(-c2ccccc2)o1. The van der Waals surface area contributed by atoms with Gasteiger partial charge >= 0.3 is 0 Å². The number of aromatic nitrogens is 1. The molecule has 0 radical (unpaired) electrons. The Kier molecular flexibility index (Phi) is 5.97. The Morgan fingerprint density at radius 2 is 2.14 bits per heavy atom. The van der Waals surface area contributed by atoms with Crippen LogP contribution in [0.4, 0.5) is 0 Å². The highest BCUT2D eigenvalue weighted by Crippen LogP contribution is 2.20. The minimum atomic E-state index is 0.0295. The number of nitrogens with one attached hydrogen (secondary N) is 1. The van der Waals surface area contributed by atoms with Crippen molar-refractivity contribution in [3.8, 4) is 11.3 Å². The fourth-order valence-electron chi connectivity index (χ4n) is 1.94. The monoisotopic (exact) mass is 288 g/mol. The van der Waals surface area contributed by atoms with Gasteiger partial charge in [0.15, 0.2) is 11.7 Å². The molecule has 0 aliphatic heterocycles. The molecule has 0 saturated carbocycles. The van der Waals surface area contributed by atoms with Crippen molar-refractivity contribution < 1.29 is 13.9 Å². The van der Waals surface area contributed by atoms with Crippen molar-refractivity contribution >= 4 is 5.91 Å². The fraction of sp³-hybridized carbons (Fsp3) is 0.375. The highest BCUT2D eigenvalue weighted by Gasteiger charge is 2.07. The summed E-state index contributed by atoms with van der Waals surface area (Å²) in [5.74, 6) is 1.45. The molecule has 0 spiro atoms. The smallest absolute Gasteiger partial charge is 0.220 e. The molecular formula is C16H20N2O3. The summed E-state index contributed by atoms with van der Waals surface area (Å²) >= 11 is 0. The molecule has 1 amide bonds. The molecule has 0 aliphatic carbocycles. The molecule has 0 bridgehead atoms. The van der Waals surface area contributed by atoms with E-state index in [9.17, 15) is 4.79 Å². The Bertz CT molecular complexity index is 552. The maximum atomic E-state index is 11.5.